The van der Waals surface area contributed by atoms with Gasteiger partial charge in [0.2, 0.25) is 0 Å². The highest BCUT2D eigenvalue weighted by Crippen LogP contribution is 2.41. The third kappa shape index (κ3) is 3.75. The highest BCUT2D eigenvalue weighted by atomic mass is 28.3. The lowest BCUT2D eigenvalue weighted by atomic mass is 10.3. The van der Waals surface area contributed by atoms with Gasteiger partial charge in [-0.3, -0.25) is 9.59 Å². The van der Waals surface area contributed by atoms with Gasteiger partial charge in [0.1, 0.15) is 0 Å². The van der Waals surface area contributed by atoms with Gasteiger partial charge in [-0.05, 0) is 0 Å². The Labute approximate surface area is 98.7 Å². The summed E-state index contributed by atoms with van der Waals surface area (Å²) in [4.78, 5) is 22.7. The van der Waals surface area contributed by atoms with E-state index in [1.165, 1.54) is 0 Å². The van der Waals surface area contributed by atoms with E-state index in [1.54, 1.807) is 0 Å². The van der Waals surface area contributed by atoms with Crippen LogP contribution < -0.4 is 0 Å². The van der Waals surface area contributed by atoms with Crippen LogP contribution in [0.3, 0.4) is 0 Å². The molecule has 0 amide bonds. The second-order valence-electron chi connectivity index (χ2n) is 6.36. The van der Waals surface area contributed by atoms with Crippen molar-refractivity contribution in [2.75, 3.05) is 0 Å². The molecule has 2 N–H and O–H groups in total. The molecule has 0 saturated carbocycles. The molecule has 94 valence electrons. The molecule has 0 spiro atoms. The predicted octanol–water partition coefficient (Wildman–Crippen LogP) is 2.57. The Morgan fingerprint density at radius 2 is 0.938 bits per heavy atom. The fourth-order valence-electron chi connectivity index (χ4n) is 2.03. The normalized spacial score (nSPS) is 16.6. The molecule has 0 radical (unpaired) electrons. The lowest BCUT2D eigenvalue weighted by molar-refractivity contribution is -0.143. The van der Waals surface area contributed by atoms with E-state index in [1.807, 2.05) is 39.3 Å². The zero-order valence-electron chi connectivity index (χ0n) is 10.9. The average molecular weight is 262 g/mol. The van der Waals surface area contributed by atoms with E-state index in [0.717, 1.165) is 0 Å². The monoisotopic (exact) mass is 262 g/mol. The van der Waals surface area contributed by atoms with Crippen molar-refractivity contribution in [3.8, 4) is 0 Å². The highest BCUT2D eigenvalue weighted by Gasteiger charge is 2.48. The van der Waals surface area contributed by atoms with Crippen LogP contribution in [0.25, 0.3) is 0 Å². The molecule has 4 nitrogen and oxygen atoms in total. The number of carboxylic acids is 2. The molecule has 0 saturated heterocycles. The van der Waals surface area contributed by atoms with Crippen LogP contribution in [-0.4, -0.2) is 38.3 Å². The fourth-order valence-corrected chi connectivity index (χ4v) is 8.79. The van der Waals surface area contributed by atoms with Gasteiger partial charge in [-0.2, -0.15) is 0 Å². The Kier molecular flexibility index (Phi) is 4.52. The molecular weight excluding hydrogens is 240 g/mol. The molecule has 0 aliphatic rings. The van der Waals surface area contributed by atoms with E-state index in [4.69, 9.17) is 0 Å². The van der Waals surface area contributed by atoms with Gasteiger partial charge < -0.3 is 10.2 Å². The summed E-state index contributed by atoms with van der Waals surface area (Å²) in [6.07, 6.45) is 0. The molecule has 0 aliphatic carbocycles. The van der Waals surface area contributed by atoms with Gasteiger partial charge in [-0.15, -0.1) is 0 Å². The quantitative estimate of drug-likeness (QED) is 0.747. The Bertz CT molecular complexity index is 258. The van der Waals surface area contributed by atoms with Gasteiger partial charge in [-0.25, -0.2) is 0 Å². The molecule has 0 aromatic heterocycles. The molecule has 0 fully saturated rings. The second kappa shape index (κ2) is 4.71. The van der Waals surface area contributed by atoms with Crippen LogP contribution in [0, 0.1) is 0 Å². The molecule has 2 atom stereocenters. The maximum atomic E-state index is 11.3. The Balaban J connectivity index is 5.48. The topological polar surface area (TPSA) is 74.6 Å². The summed E-state index contributed by atoms with van der Waals surface area (Å²) in [5, 5.41) is 18.6. The number of hydrogen-bond acceptors (Lipinski definition) is 2. The fraction of sp³-hybridized carbons (Fsp3) is 0.800. The first-order chi connectivity index (χ1) is 6.89. The van der Waals surface area contributed by atoms with Crippen molar-refractivity contribution < 1.29 is 19.8 Å². The zero-order chi connectivity index (χ0) is 13.3. The molecule has 2 unspecified atom stereocenters. The maximum Gasteiger partial charge on any atom is 0.304 e. The minimum atomic E-state index is -2.03. The number of hydrogen-bond donors (Lipinski definition) is 2. The van der Waals surface area contributed by atoms with E-state index in [9.17, 15) is 19.8 Å². The minimum Gasteiger partial charge on any atom is -0.481 e. The van der Waals surface area contributed by atoms with Gasteiger partial charge in [0, 0.05) is 0 Å². The van der Waals surface area contributed by atoms with E-state index >= 15 is 0 Å². The molecule has 0 bridgehead atoms. The lowest BCUT2D eigenvalue weighted by Gasteiger charge is -2.36. The van der Waals surface area contributed by atoms with Crippen molar-refractivity contribution in [1.29, 1.82) is 0 Å². The summed E-state index contributed by atoms with van der Waals surface area (Å²) < 4.78 is 0. The number of aliphatic carboxylic acids is 2. The van der Waals surface area contributed by atoms with E-state index < -0.39 is 39.2 Å². The number of carboxylic acid groups (broad SMARTS) is 2. The third-order valence-corrected chi connectivity index (χ3v) is 7.96. The van der Waals surface area contributed by atoms with Crippen LogP contribution in [-0.2, 0) is 9.59 Å². The summed E-state index contributed by atoms with van der Waals surface area (Å²) in [6.45, 7) is 11.5. The van der Waals surface area contributed by atoms with Crippen LogP contribution in [0.15, 0.2) is 0 Å². The largest absolute Gasteiger partial charge is 0.481 e. The molecular formula is C10H22O4Si2. The lowest BCUT2D eigenvalue weighted by Crippen LogP contribution is -2.47. The van der Waals surface area contributed by atoms with Crippen molar-refractivity contribution in [3.05, 3.63) is 0 Å². The molecule has 0 aromatic carbocycles. The molecule has 16 heavy (non-hydrogen) atoms. The Morgan fingerprint density at radius 1 is 0.750 bits per heavy atom. The minimum absolute atomic E-state index is 0.698. The molecule has 6 heteroatoms. The smallest absolute Gasteiger partial charge is 0.304 e. The van der Waals surface area contributed by atoms with Gasteiger partial charge >= 0.3 is 11.9 Å². The van der Waals surface area contributed by atoms with Crippen LogP contribution >= 0.6 is 0 Å². The van der Waals surface area contributed by atoms with Crippen LogP contribution in [0.5, 0.6) is 0 Å². The SMILES string of the molecule is C[Si](C)(C)C(C(=O)O)C(C(=O)O)[Si](C)(C)C. The van der Waals surface area contributed by atoms with Crippen molar-refractivity contribution in [2.24, 2.45) is 0 Å². The second-order valence-corrected chi connectivity index (χ2v) is 17.1. The third-order valence-electron chi connectivity index (χ3n) is 2.73. The standard InChI is InChI=1S/C10H22O4Si2/c1-15(2,3)7(9(11)12)8(10(13)14)16(4,5)6/h7-8H,1-6H3,(H,11,12)(H,13,14). The Hall–Kier alpha value is -0.626. The highest BCUT2D eigenvalue weighted by molar-refractivity contribution is 6.87. The van der Waals surface area contributed by atoms with E-state index in [0.29, 0.717) is 0 Å². The van der Waals surface area contributed by atoms with Gasteiger partial charge in [0.05, 0.1) is 27.2 Å². The summed E-state index contributed by atoms with van der Waals surface area (Å²) in [6, 6.07) is 0. The maximum absolute atomic E-state index is 11.3. The first kappa shape index (κ1) is 15.4. The van der Waals surface area contributed by atoms with Gasteiger partial charge in [0.25, 0.3) is 0 Å². The van der Waals surface area contributed by atoms with E-state index in [-0.39, 0.29) is 0 Å². The van der Waals surface area contributed by atoms with E-state index in [2.05, 4.69) is 0 Å². The summed E-state index contributed by atoms with van der Waals surface area (Å²) in [7, 11) is -4.06. The first-order valence-electron chi connectivity index (χ1n) is 5.34. The van der Waals surface area contributed by atoms with Crippen LogP contribution in [0.2, 0.25) is 50.4 Å². The summed E-state index contributed by atoms with van der Waals surface area (Å²) in [5.74, 6) is -1.90. The predicted molar refractivity (Wildman–Crippen MR) is 69.5 cm³/mol. The molecule has 0 aromatic rings. The average Bonchev–Trinajstić information content (AvgIpc) is 1.92. The first-order valence-corrected chi connectivity index (χ1v) is 12.5. The molecule has 0 heterocycles. The molecule has 0 aliphatic heterocycles. The summed E-state index contributed by atoms with van der Waals surface area (Å²) in [5.41, 5.74) is -1.40. The van der Waals surface area contributed by atoms with Crippen molar-refractivity contribution in [2.45, 2.75) is 50.4 Å². The van der Waals surface area contributed by atoms with Crippen molar-refractivity contribution in [3.63, 3.8) is 0 Å². The van der Waals surface area contributed by atoms with Gasteiger partial charge in [-0.1, -0.05) is 39.3 Å². The molecule has 0 rings (SSSR count). The number of rotatable bonds is 5. The van der Waals surface area contributed by atoms with Crippen molar-refractivity contribution >= 4 is 28.1 Å². The van der Waals surface area contributed by atoms with Crippen LogP contribution in [0.4, 0.5) is 0 Å². The number of carbonyl (C=O) groups is 2. The van der Waals surface area contributed by atoms with Crippen LogP contribution in [0.1, 0.15) is 0 Å². The van der Waals surface area contributed by atoms with Gasteiger partial charge in [0.15, 0.2) is 0 Å². The Morgan fingerprint density at radius 3 is 1.00 bits per heavy atom. The van der Waals surface area contributed by atoms with Crippen molar-refractivity contribution in [1.82, 2.24) is 0 Å². The summed E-state index contributed by atoms with van der Waals surface area (Å²) >= 11 is 0. The zero-order valence-corrected chi connectivity index (χ0v) is 12.9.